The lowest BCUT2D eigenvalue weighted by molar-refractivity contribution is -0.385. The number of benzene rings is 2. The molecule has 1 N–H and O–H groups in total. The van der Waals surface area contributed by atoms with E-state index in [-0.39, 0.29) is 10.5 Å². The molecule has 2 heterocycles. The van der Waals surface area contributed by atoms with Crippen molar-refractivity contribution in [1.29, 1.82) is 0 Å². The zero-order valence-corrected chi connectivity index (χ0v) is 18.1. The first-order valence-corrected chi connectivity index (χ1v) is 11.9. The molecule has 1 aliphatic rings. The minimum absolute atomic E-state index is 0.124. The number of hydrogen-bond acceptors (Lipinski definition) is 7. The van der Waals surface area contributed by atoms with Gasteiger partial charge in [0.05, 0.1) is 9.82 Å². The molecule has 166 valence electrons. The number of aryl methyl sites for hydroxylation is 1. The Labute approximate surface area is 184 Å². The zero-order valence-electron chi connectivity index (χ0n) is 17.3. The molecule has 11 heteroatoms. The summed E-state index contributed by atoms with van der Waals surface area (Å²) in [6.45, 7) is 0.830. The van der Waals surface area contributed by atoms with Gasteiger partial charge in [-0.05, 0) is 31.0 Å². The molecule has 0 saturated heterocycles. The van der Waals surface area contributed by atoms with Gasteiger partial charge < -0.3 is 9.88 Å². The molecule has 0 atom stereocenters. The van der Waals surface area contributed by atoms with E-state index in [1.54, 1.807) is 18.2 Å². The second kappa shape index (κ2) is 8.50. The number of carbonyl (C=O) groups excluding carboxylic acids is 1. The highest BCUT2D eigenvalue weighted by molar-refractivity contribution is 7.90. The smallest absolute Gasteiger partial charge is 0.271 e. The second-order valence-electron chi connectivity index (χ2n) is 7.68. The number of amides is 1. The van der Waals surface area contributed by atoms with Gasteiger partial charge in [-0.2, -0.15) is 0 Å². The summed E-state index contributed by atoms with van der Waals surface area (Å²) in [6.07, 6.45) is 5.06. The van der Waals surface area contributed by atoms with Gasteiger partial charge in [0.15, 0.2) is 15.7 Å². The molecule has 0 unspecified atom stereocenters. The maximum Gasteiger partial charge on any atom is 0.271 e. The van der Waals surface area contributed by atoms with Gasteiger partial charge >= 0.3 is 0 Å². The first-order chi connectivity index (χ1) is 15.2. The highest BCUT2D eigenvalue weighted by atomic mass is 32.2. The molecule has 32 heavy (non-hydrogen) atoms. The van der Waals surface area contributed by atoms with E-state index in [1.807, 2.05) is 6.07 Å². The molecule has 4 rings (SSSR count). The summed E-state index contributed by atoms with van der Waals surface area (Å²) in [5.74, 6) is 1.00. The quantitative estimate of drug-likeness (QED) is 0.460. The van der Waals surface area contributed by atoms with Gasteiger partial charge in [0.1, 0.15) is 5.82 Å². The molecular formula is C21H21N5O5S. The number of aromatic nitrogens is 3. The summed E-state index contributed by atoms with van der Waals surface area (Å²) in [5.41, 5.74) is 0.629. The van der Waals surface area contributed by atoms with E-state index >= 15 is 0 Å². The molecule has 2 aromatic carbocycles. The number of rotatable bonds is 5. The van der Waals surface area contributed by atoms with E-state index in [4.69, 9.17) is 0 Å². The maximum absolute atomic E-state index is 12.8. The molecule has 1 aromatic heterocycles. The van der Waals surface area contributed by atoms with Crippen molar-refractivity contribution in [3.63, 3.8) is 0 Å². The number of non-ortho nitro benzene ring substituents is 1. The number of fused-ring (bicyclic) bond motifs is 1. The van der Waals surface area contributed by atoms with Gasteiger partial charge in [-0.25, -0.2) is 8.42 Å². The molecule has 0 saturated carbocycles. The predicted octanol–water partition coefficient (Wildman–Crippen LogP) is 3.24. The SMILES string of the molecule is CS(=O)(=O)c1cc(C(=O)Nc2cccc(-c3nnc4n3CCCCC4)c2)cc([N+](=O)[O-])c1. The number of sulfone groups is 1. The van der Waals surface area contributed by atoms with Crippen molar-refractivity contribution >= 4 is 27.1 Å². The van der Waals surface area contributed by atoms with E-state index < -0.39 is 26.4 Å². The van der Waals surface area contributed by atoms with Gasteiger partial charge in [-0.15, -0.1) is 10.2 Å². The Kier molecular flexibility index (Phi) is 5.74. The van der Waals surface area contributed by atoms with Crippen molar-refractivity contribution in [3.8, 4) is 11.4 Å². The molecule has 0 radical (unpaired) electrons. The minimum Gasteiger partial charge on any atom is -0.322 e. The van der Waals surface area contributed by atoms with Crippen molar-refractivity contribution in [1.82, 2.24) is 14.8 Å². The fourth-order valence-electron chi connectivity index (χ4n) is 3.67. The Bertz CT molecular complexity index is 1320. The standard InChI is InChI=1S/C21H21N5O5S/c1-32(30,31)18-12-15(11-17(13-18)26(28)29)21(27)22-16-7-5-6-14(10-16)20-24-23-19-8-3-2-4-9-25(19)20/h5-7,10-13H,2-4,8-9H2,1H3,(H,22,27). The van der Waals surface area contributed by atoms with Crippen LogP contribution in [0.5, 0.6) is 0 Å². The Balaban J connectivity index is 1.64. The molecule has 0 aliphatic carbocycles. The summed E-state index contributed by atoms with van der Waals surface area (Å²) in [6, 6.07) is 10.2. The number of nitro benzene ring substituents is 1. The van der Waals surface area contributed by atoms with Gasteiger partial charge in [0.25, 0.3) is 11.6 Å². The summed E-state index contributed by atoms with van der Waals surface area (Å²) >= 11 is 0. The van der Waals surface area contributed by atoms with E-state index in [9.17, 15) is 23.3 Å². The fraction of sp³-hybridized carbons (Fsp3) is 0.286. The molecular weight excluding hydrogens is 434 g/mol. The van der Waals surface area contributed by atoms with Gasteiger partial charge in [-0.1, -0.05) is 18.6 Å². The third-order valence-electron chi connectivity index (χ3n) is 5.28. The lowest BCUT2D eigenvalue weighted by Crippen LogP contribution is -2.13. The van der Waals surface area contributed by atoms with E-state index in [1.165, 1.54) is 0 Å². The normalized spacial score (nSPS) is 13.8. The number of nitrogens with one attached hydrogen (secondary N) is 1. The van der Waals surface area contributed by atoms with Gasteiger partial charge in [0.2, 0.25) is 0 Å². The molecule has 3 aromatic rings. The fourth-order valence-corrected chi connectivity index (χ4v) is 4.35. The number of nitro groups is 1. The first-order valence-electron chi connectivity index (χ1n) is 10.1. The minimum atomic E-state index is -3.74. The summed E-state index contributed by atoms with van der Waals surface area (Å²) in [4.78, 5) is 22.9. The van der Waals surface area contributed by atoms with Crippen LogP contribution in [0.3, 0.4) is 0 Å². The molecule has 0 bridgehead atoms. The number of anilines is 1. The summed E-state index contributed by atoms with van der Waals surface area (Å²) < 4.78 is 25.9. The van der Waals surface area contributed by atoms with E-state index in [0.29, 0.717) is 11.5 Å². The van der Waals surface area contributed by atoms with Crippen molar-refractivity contribution < 1.29 is 18.1 Å². The van der Waals surface area contributed by atoms with Crippen molar-refractivity contribution in [2.75, 3.05) is 11.6 Å². The zero-order chi connectivity index (χ0) is 22.9. The number of nitrogens with zero attached hydrogens (tertiary/aromatic N) is 4. The number of carbonyl (C=O) groups is 1. The third kappa shape index (κ3) is 4.52. The first kappa shape index (κ1) is 21.6. The second-order valence-corrected chi connectivity index (χ2v) is 9.70. The Morgan fingerprint density at radius 3 is 2.69 bits per heavy atom. The lowest BCUT2D eigenvalue weighted by atomic mass is 10.1. The maximum atomic E-state index is 12.8. The average molecular weight is 455 g/mol. The molecule has 10 nitrogen and oxygen atoms in total. The van der Waals surface area contributed by atoms with Gasteiger partial charge in [-0.3, -0.25) is 14.9 Å². The van der Waals surface area contributed by atoms with Crippen LogP contribution in [-0.2, 0) is 22.8 Å². The molecule has 1 amide bonds. The number of hydrogen-bond donors (Lipinski definition) is 1. The van der Waals surface area contributed by atoms with Crippen LogP contribution in [0.2, 0.25) is 0 Å². The van der Waals surface area contributed by atoms with Crippen molar-refractivity contribution in [2.24, 2.45) is 0 Å². The monoisotopic (exact) mass is 455 g/mol. The molecule has 0 fully saturated rings. The Hall–Kier alpha value is -3.60. The van der Waals surface area contributed by atoms with Crippen LogP contribution in [0.1, 0.15) is 35.4 Å². The topological polar surface area (TPSA) is 137 Å². The van der Waals surface area contributed by atoms with Crippen LogP contribution in [-0.4, -0.2) is 40.3 Å². The highest BCUT2D eigenvalue weighted by Crippen LogP contribution is 2.26. The third-order valence-corrected chi connectivity index (χ3v) is 6.37. The van der Waals surface area contributed by atoms with Crippen LogP contribution in [0.4, 0.5) is 11.4 Å². The summed E-state index contributed by atoms with van der Waals surface area (Å²) in [7, 11) is -3.74. The van der Waals surface area contributed by atoms with E-state index in [0.717, 1.165) is 68.1 Å². The van der Waals surface area contributed by atoms with Crippen LogP contribution >= 0.6 is 0 Å². The predicted molar refractivity (Wildman–Crippen MR) is 117 cm³/mol. The molecule has 0 spiro atoms. The van der Waals surface area contributed by atoms with Crippen LogP contribution in [0.15, 0.2) is 47.4 Å². The highest BCUT2D eigenvalue weighted by Gasteiger charge is 2.20. The van der Waals surface area contributed by atoms with E-state index in [2.05, 4.69) is 20.1 Å². The Morgan fingerprint density at radius 1 is 1.12 bits per heavy atom. The van der Waals surface area contributed by atoms with Crippen molar-refractivity contribution in [2.45, 2.75) is 37.1 Å². The summed E-state index contributed by atoms with van der Waals surface area (Å²) in [5, 5.41) is 22.5. The largest absolute Gasteiger partial charge is 0.322 e. The molecule has 1 aliphatic heterocycles. The van der Waals surface area contributed by atoms with Crippen molar-refractivity contribution in [3.05, 3.63) is 64.0 Å². The van der Waals surface area contributed by atoms with Gasteiger partial charge in [0, 0.05) is 48.2 Å². The van der Waals surface area contributed by atoms with Crippen LogP contribution in [0.25, 0.3) is 11.4 Å². The Morgan fingerprint density at radius 2 is 1.94 bits per heavy atom. The lowest BCUT2D eigenvalue weighted by Gasteiger charge is -2.10. The van der Waals surface area contributed by atoms with Crippen LogP contribution in [0, 0.1) is 10.1 Å². The van der Waals surface area contributed by atoms with Crippen LogP contribution < -0.4 is 5.32 Å². The average Bonchev–Trinajstić information content (AvgIpc) is 3.01.